The molecule has 1 rings (SSSR count). The Bertz CT molecular complexity index is 260. The van der Waals surface area contributed by atoms with Gasteiger partial charge in [0.25, 0.3) is 0 Å². The fourth-order valence-electron chi connectivity index (χ4n) is 1.84. The summed E-state index contributed by atoms with van der Waals surface area (Å²) in [6.45, 7) is 1.59. The molecule has 4 nitrogen and oxygen atoms in total. The smallest absolute Gasteiger partial charge is 0.220 e. The SMILES string of the molecule is C#CCCCCC(=O)NC1CNC[C@@H]1OC. The number of hydrogen-bond acceptors (Lipinski definition) is 3. The van der Waals surface area contributed by atoms with Crippen LogP contribution in [0.15, 0.2) is 0 Å². The first-order chi connectivity index (χ1) is 7.77. The van der Waals surface area contributed by atoms with Crippen LogP contribution in [0.1, 0.15) is 25.7 Å². The van der Waals surface area contributed by atoms with Gasteiger partial charge in [-0.3, -0.25) is 4.79 Å². The van der Waals surface area contributed by atoms with E-state index in [0.717, 1.165) is 32.4 Å². The van der Waals surface area contributed by atoms with Gasteiger partial charge in [0.15, 0.2) is 0 Å². The van der Waals surface area contributed by atoms with Crippen molar-refractivity contribution in [2.24, 2.45) is 0 Å². The van der Waals surface area contributed by atoms with Crippen molar-refractivity contribution in [2.45, 2.75) is 37.8 Å². The Hall–Kier alpha value is -1.05. The minimum atomic E-state index is 0.0905. The predicted molar refractivity (Wildman–Crippen MR) is 62.9 cm³/mol. The van der Waals surface area contributed by atoms with Crippen LogP contribution in [-0.2, 0) is 9.53 Å². The van der Waals surface area contributed by atoms with E-state index in [2.05, 4.69) is 16.6 Å². The molecule has 16 heavy (non-hydrogen) atoms. The molecule has 1 fully saturated rings. The molecule has 4 heteroatoms. The van der Waals surface area contributed by atoms with Crippen LogP contribution in [0.2, 0.25) is 0 Å². The second kappa shape index (κ2) is 7.26. The normalized spacial score (nSPS) is 24.0. The largest absolute Gasteiger partial charge is 0.378 e. The van der Waals surface area contributed by atoms with Crippen molar-refractivity contribution in [2.75, 3.05) is 20.2 Å². The van der Waals surface area contributed by atoms with Crippen LogP contribution < -0.4 is 10.6 Å². The van der Waals surface area contributed by atoms with Gasteiger partial charge in [0, 0.05) is 33.0 Å². The maximum atomic E-state index is 11.6. The Morgan fingerprint density at radius 2 is 2.38 bits per heavy atom. The van der Waals surface area contributed by atoms with Gasteiger partial charge in [-0.1, -0.05) is 0 Å². The molecule has 0 aromatic carbocycles. The van der Waals surface area contributed by atoms with E-state index >= 15 is 0 Å². The van der Waals surface area contributed by atoms with Crippen molar-refractivity contribution in [3.8, 4) is 12.3 Å². The first-order valence-corrected chi connectivity index (χ1v) is 5.74. The van der Waals surface area contributed by atoms with E-state index in [0.29, 0.717) is 6.42 Å². The lowest BCUT2D eigenvalue weighted by molar-refractivity contribution is -0.122. The third kappa shape index (κ3) is 4.21. The Labute approximate surface area is 97.1 Å². The summed E-state index contributed by atoms with van der Waals surface area (Å²) in [5, 5.41) is 6.17. The molecule has 2 N–H and O–H groups in total. The van der Waals surface area contributed by atoms with Crippen molar-refractivity contribution in [1.82, 2.24) is 10.6 Å². The van der Waals surface area contributed by atoms with Crippen molar-refractivity contribution < 1.29 is 9.53 Å². The maximum Gasteiger partial charge on any atom is 0.220 e. The number of rotatable bonds is 6. The van der Waals surface area contributed by atoms with Crippen LogP contribution in [0.3, 0.4) is 0 Å². The molecule has 1 heterocycles. The molecule has 1 aliphatic heterocycles. The highest BCUT2D eigenvalue weighted by molar-refractivity contribution is 5.76. The minimum Gasteiger partial charge on any atom is -0.378 e. The van der Waals surface area contributed by atoms with Gasteiger partial charge in [-0.15, -0.1) is 12.3 Å². The van der Waals surface area contributed by atoms with E-state index in [9.17, 15) is 4.79 Å². The number of nitrogens with one attached hydrogen (secondary N) is 2. The molecule has 1 aliphatic rings. The van der Waals surface area contributed by atoms with Gasteiger partial charge in [-0.2, -0.15) is 0 Å². The van der Waals surface area contributed by atoms with Crippen LogP contribution in [0.4, 0.5) is 0 Å². The molecule has 1 saturated heterocycles. The Kier molecular flexibility index (Phi) is 5.91. The lowest BCUT2D eigenvalue weighted by atomic mass is 10.1. The molecule has 0 radical (unpaired) electrons. The molecule has 0 bridgehead atoms. The number of methoxy groups -OCH3 is 1. The third-order valence-corrected chi connectivity index (χ3v) is 2.78. The van der Waals surface area contributed by atoms with Gasteiger partial charge in [0.2, 0.25) is 5.91 Å². The van der Waals surface area contributed by atoms with Crippen molar-refractivity contribution >= 4 is 5.91 Å². The fourth-order valence-corrected chi connectivity index (χ4v) is 1.84. The summed E-state index contributed by atoms with van der Waals surface area (Å²) in [7, 11) is 1.67. The van der Waals surface area contributed by atoms with Crippen LogP contribution in [-0.4, -0.2) is 38.3 Å². The van der Waals surface area contributed by atoms with Crippen molar-refractivity contribution in [3.63, 3.8) is 0 Å². The van der Waals surface area contributed by atoms with Crippen LogP contribution in [0.25, 0.3) is 0 Å². The summed E-state index contributed by atoms with van der Waals surface area (Å²) >= 11 is 0. The van der Waals surface area contributed by atoms with E-state index in [1.54, 1.807) is 7.11 Å². The first-order valence-electron chi connectivity index (χ1n) is 5.74. The van der Waals surface area contributed by atoms with Gasteiger partial charge in [0.05, 0.1) is 12.1 Å². The van der Waals surface area contributed by atoms with E-state index in [1.165, 1.54) is 0 Å². The Morgan fingerprint density at radius 1 is 1.56 bits per heavy atom. The molecule has 0 aromatic heterocycles. The van der Waals surface area contributed by atoms with Gasteiger partial charge >= 0.3 is 0 Å². The molecule has 0 aromatic rings. The summed E-state index contributed by atoms with van der Waals surface area (Å²) in [5.74, 6) is 2.66. The van der Waals surface area contributed by atoms with Gasteiger partial charge < -0.3 is 15.4 Å². The summed E-state index contributed by atoms with van der Waals surface area (Å²) in [5.41, 5.74) is 0. The maximum absolute atomic E-state index is 11.6. The molecule has 1 unspecified atom stereocenters. The number of terminal acetylenes is 1. The summed E-state index contributed by atoms with van der Waals surface area (Å²) in [6, 6.07) is 0.102. The molecule has 90 valence electrons. The minimum absolute atomic E-state index is 0.0905. The molecule has 0 aliphatic carbocycles. The van der Waals surface area contributed by atoms with Crippen molar-refractivity contribution in [3.05, 3.63) is 0 Å². The molecule has 0 spiro atoms. The molecular weight excluding hydrogens is 204 g/mol. The fraction of sp³-hybridized carbons (Fsp3) is 0.750. The monoisotopic (exact) mass is 224 g/mol. The average molecular weight is 224 g/mol. The quantitative estimate of drug-likeness (QED) is 0.503. The lowest BCUT2D eigenvalue weighted by Gasteiger charge is -2.18. The van der Waals surface area contributed by atoms with Gasteiger partial charge in [-0.25, -0.2) is 0 Å². The van der Waals surface area contributed by atoms with Crippen LogP contribution in [0.5, 0.6) is 0 Å². The van der Waals surface area contributed by atoms with Gasteiger partial charge in [0.1, 0.15) is 0 Å². The molecule has 2 atom stereocenters. The molecular formula is C12H20N2O2. The highest BCUT2D eigenvalue weighted by Gasteiger charge is 2.27. The summed E-state index contributed by atoms with van der Waals surface area (Å²) < 4.78 is 5.26. The number of unbranched alkanes of at least 4 members (excludes halogenated alkanes) is 2. The van der Waals surface area contributed by atoms with Gasteiger partial charge in [-0.05, 0) is 12.8 Å². The standard InChI is InChI=1S/C12H20N2O2/c1-3-4-5-6-7-12(15)14-10-8-13-9-11(10)16-2/h1,10-11,13H,4-9H2,2H3,(H,14,15)/t10?,11-/m0/s1. The van der Waals surface area contributed by atoms with E-state index in [1.807, 2.05) is 0 Å². The predicted octanol–water partition coefficient (Wildman–Crippen LogP) is 0.283. The zero-order chi connectivity index (χ0) is 11.8. The summed E-state index contributed by atoms with van der Waals surface area (Å²) in [6.07, 6.45) is 8.30. The number of carbonyl (C=O) groups is 1. The van der Waals surface area contributed by atoms with E-state index < -0.39 is 0 Å². The van der Waals surface area contributed by atoms with Crippen molar-refractivity contribution in [1.29, 1.82) is 0 Å². The zero-order valence-electron chi connectivity index (χ0n) is 9.79. The highest BCUT2D eigenvalue weighted by atomic mass is 16.5. The first kappa shape index (κ1) is 13.0. The topological polar surface area (TPSA) is 50.4 Å². The highest BCUT2D eigenvalue weighted by Crippen LogP contribution is 2.05. The molecule has 1 amide bonds. The Balaban J connectivity index is 2.16. The second-order valence-electron chi connectivity index (χ2n) is 4.02. The van der Waals surface area contributed by atoms with E-state index in [4.69, 9.17) is 11.2 Å². The number of carbonyl (C=O) groups excluding carboxylic acids is 1. The second-order valence-corrected chi connectivity index (χ2v) is 4.02. The number of hydrogen-bond donors (Lipinski definition) is 2. The van der Waals surface area contributed by atoms with Crippen LogP contribution >= 0.6 is 0 Å². The average Bonchev–Trinajstić information content (AvgIpc) is 2.71. The zero-order valence-corrected chi connectivity index (χ0v) is 9.79. The number of ether oxygens (including phenoxy) is 1. The summed E-state index contributed by atoms with van der Waals surface area (Å²) in [4.78, 5) is 11.6. The lowest BCUT2D eigenvalue weighted by Crippen LogP contribution is -2.43. The Morgan fingerprint density at radius 3 is 3.06 bits per heavy atom. The third-order valence-electron chi connectivity index (χ3n) is 2.78. The van der Waals surface area contributed by atoms with Crippen LogP contribution in [0, 0.1) is 12.3 Å². The number of amides is 1. The van der Waals surface area contributed by atoms with E-state index in [-0.39, 0.29) is 18.1 Å². The molecule has 0 saturated carbocycles.